The Morgan fingerprint density at radius 3 is 1.67 bits per heavy atom. The van der Waals surface area contributed by atoms with Gasteiger partial charge in [0, 0.05) is 31.5 Å². The predicted octanol–water partition coefficient (Wildman–Crippen LogP) is 15.1. The molecule has 1 heterocycles. The van der Waals surface area contributed by atoms with E-state index in [1.807, 2.05) is 11.8 Å². The van der Waals surface area contributed by atoms with E-state index in [0.717, 1.165) is 11.4 Å². The summed E-state index contributed by atoms with van der Waals surface area (Å²) >= 11 is 1.89. The maximum atomic E-state index is 2.57. The SMILES string of the molecule is c1ccc(-c2ccc3ccccc3c2N(c2cccc3ccccc23)c2ccc3c4c(cccc24)C2(c4ccccc4Sc4ccccc42)c2ccccc2-3)cc1. The fourth-order valence-corrected chi connectivity index (χ4v) is 11.2. The standard InChI is InChI=1S/C55H35NS/c1-2-16-37(17-3-1)41-33-32-38-19-5-7-22-40(38)54(41)56(49-29-14-20-36-18-4-6-21-39(36)49)50-35-34-43-42-23-8-9-25-45(42)55(48-28-15-24-44(50)53(43)48)46-26-10-12-30-51(46)57-52-31-13-11-27-47(52)55/h1-35H. The molecule has 10 aromatic carbocycles. The molecule has 1 aliphatic carbocycles. The van der Waals surface area contributed by atoms with Crippen LogP contribution in [0.15, 0.2) is 222 Å². The Balaban J connectivity index is 1.26. The Labute approximate surface area is 336 Å². The summed E-state index contributed by atoms with van der Waals surface area (Å²) in [5.74, 6) is 0. The predicted molar refractivity (Wildman–Crippen MR) is 241 cm³/mol. The van der Waals surface area contributed by atoms with Gasteiger partial charge in [0.2, 0.25) is 0 Å². The molecule has 2 aliphatic rings. The smallest absolute Gasteiger partial charge is 0.0735 e. The lowest BCUT2D eigenvalue weighted by Crippen LogP contribution is -2.36. The van der Waals surface area contributed by atoms with E-state index in [1.54, 1.807) is 0 Å². The average Bonchev–Trinajstić information content (AvgIpc) is 3.28. The number of hydrogen-bond donors (Lipinski definition) is 0. The first-order valence-corrected chi connectivity index (χ1v) is 20.5. The minimum atomic E-state index is -0.501. The lowest BCUT2D eigenvalue weighted by atomic mass is 9.59. The third-order valence-electron chi connectivity index (χ3n) is 12.3. The van der Waals surface area contributed by atoms with Crippen molar-refractivity contribution in [2.24, 2.45) is 0 Å². The largest absolute Gasteiger partial charge is 0.308 e. The third-order valence-corrected chi connectivity index (χ3v) is 13.5. The van der Waals surface area contributed by atoms with Crippen LogP contribution in [0.2, 0.25) is 0 Å². The first-order valence-electron chi connectivity index (χ1n) is 19.7. The van der Waals surface area contributed by atoms with Gasteiger partial charge >= 0.3 is 0 Å². The van der Waals surface area contributed by atoms with Gasteiger partial charge in [-0.3, -0.25) is 0 Å². The summed E-state index contributed by atoms with van der Waals surface area (Å²) in [5.41, 5.74) is 13.3. The first kappa shape index (κ1) is 32.4. The number of rotatable bonds is 4. The van der Waals surface area contributed by atoms with Gasteiger partial charge in [0.05, 0.1) is 22.5 Å². The zero-order valence-corrected chi connectivity index (χ0v) is 31.9. The van der Waals surface area contributed by atoms with E-state index in [4.69, 9.17) is 0 Å². The molecule has 57 heavy (non-hydrogen) atoms. The van der Waals surface area contributed by atoms with E-state index in [9.17, 15) is 0 Å². The Hall–Kier alpha value is -6.87. The topological polar surface area (TPSA) is 3.24 Å². The zero-order chi connectivity index (χ0) is 37.5. The van der Waals surface area contributed by atoms with Crippen molar-refractivity contribution in [1.29, 1.82) is 0 Å². The van der Waals surface area contributed by atoms with Crippen LogP contribution in [0.4, 0.5) is 17.1 Å². The van der Waals surface area contributed by atoms with Gasteiger partial charge in [-0.05, 0) is 79.4 Å². The van der Waals surface area contributed by atoms with Gasteiger partial charge < -0.3 is 4.90 Å². The molecule has 0 saturated carbocycles. The van der Waals surface area contributed by atoms with Crippen molar-refractivity contribution in [2.75, 3.05) is 4.90 Å². The van der Waals surface area contributed by atoms with Crippen LogP contribution in [0.1, 0.15) is 22.3 Å². The molecule has 0 aromatic heterocycles. The minimum absolute atomic E-state index is 0.501. The van der Waals surface area contributed by atoms with Gasteiger partial charge in [0.1, 0.15) is 0 Å². The molecule has 10 aromatic rings. The number of fused-ring (bicyclic) bond motifs is 10. The van der Waals surface area contributed by atoms with Crippen molar-refractivity contribution < 1.29 is 0 Å². The molecule has 0 unspecified atom stereocenters. The molecule has 1 spiro atoms. The first-order chi connectivity index (χ1) is 28.3. The molecule has 0 saturated heterocycles. The maximum absolute atomic E-state index is 2.57. The van der Waals surface area contributed by atoms with Crippen LogP contribution in [0.5, 0.6) is 0 Å². The molecule has 0 amide bonds. The van der Waals surface area contributed by atoms with Gasteiger partial charge in [-0.15, -0.1) is 0 Å². The monoisotopic (exact) mass is 741 g/mol. The van der Waals surface area contributed by atoms with Crippen molar-refractivity contribution >= 4 is 61.1 Å². The summed E-state index contributed by atoms with van der Waals surface area (Å²) in [6.07, 6.45) is 0. The van der Waals surface area contributed by atoms with Crippen LogP contribution >= 0.6 is 11.8 Å². The molecular formula is C55H35NS. The highest BCUT2D eigenvalue weighted by Gasteiger charge is 2.48. The van der Waals surface area contributed by atoms with E-state index in [1.165, 1.54) is 92.3 Å². The molecule has 2 heteroatoms. The summed E-state index contributed by atoms with van der Waals surface area (Å²) in [6.45, 7) is 0. The van der Waals surface area contributed by atoms with E-state index < -0.39 is 5.41 Å². The highest BCUT2D eigenvalue weighted by atomic mass is 32.2. The van der Waals surface area contributed by atoms with Crippen molar-refractivity contribution in [3.8, 4) is 22.3 Å². The van der Waals surface area contributed by atoms with Crippen LogP contribution in [0, 0.1) is 0 Å². The van der Waals surface area contributed by atoms with Crippen molar-refractivity contribution in [2.45, 2.75) is 15.2 Å². The van der Waals surface area contributed by atoms with Gasteiger partial charge in [0.15, 0.2) is 0 Å². The maximum Gasteiger partial charge on any atom is 0.0735 e. The van der Waals surface area contributed by atoms with Crippen molar-refractivity contribution in [3.63, 3.8) is 0 Å². The molecule has 0 fully saturated rings. The van der Waals surface area contributed by atoms with Gasteiger partial charge in [-0.25, -0.2) is 0 Å². The highest BCUT2D eigenvalue weighted by Crippen LogP contribution is 2.62. The second kappa shape index (κ2) is 12.6. The number of anilines is 3. The molecular weight excluding hydrogens is 707 g/mol. The lowest BCUT2D eigenvalue weighted by Gasteiger charge is -2.46. The molecule has 12 rings (SSSR count). The Kier molecular flexibility index (Phi) is 7.14. The fraction of sp³-hybridized carbons (Fsp3) is 0.0182. The van der Waals surface area contributed by atoms with Crippen molar-refractivity contribution in [3.05, 3.63) is 235 Å². The number of hydrogen-bond acceptors (Lipinski definition) is 2. The number of benzene rings is 10. The summed E-state index contributed by atoms with van der Waals surface area (Å²) in [7, 11) is 0. The molecule has 0 atom stereocenters. The van der Waals surface area contributed by atoms with E-state index in [-0.39, 0.29) is 0 Å². The van der Waals surface area contributed by atoms with Crippen LogP contribution in [0.3, 0.4) is 0 Å². The molecule has 0 radical (unpaired) electrons. The molecule has 266 valence electrons. The molecule has 1 nitrogen and oxygen atoms in total. The lowest BCUT2D eigenvalue weighted by molar-refractivity contribution is 0.707. The quantitative estimate of drug-likeness (QED) is 0.177. The Bertz CT molecular complexity index is 3180. The van der Waals surface area contributed by atoms with E-state index >= 15 is 0 Å². The summed E-state index contributed by atoms with van der Waals surface area (Å²) in [6, 6.07) is 79.0. The summed E-state index contributed by atoms with van der Waals surface area (Å²) in [4.78, 5) is 5.19. The molecule has 0 bridgehead atoms. The highest BCUT2D eigenvalue weighted by molar-refractivity contribution is 7.99. The van der Waals surface area contributed by atoms with Gasteiger partial charge in [-0.2, -0.15) is 0 Å². The van der Waals surface area contributed by atoms with Crippen LogP contribution in [0.25, 0.3) is 54.6 Å². The third kappa shape index (κ3) is 4.59. The van der Waals surface area contributed by atoms with Gasteiger partial charge in [-0.1, -0.05) is 200 Å². The summed E-state index contributed by atoms with van der Waals surface area (Å²) < 4.78 is 0. The van der Waals surface area contributed by atoms with Crippen LogP contribution in [-0.4, -0.2) is 0 Å². The van der Waals surface area contributed by atoms with Gasteiger partial charge in [0.25, 0.3) is 0 Å². The summed E-state index contributed by atoms with van der Waals surface area (Å²) in [5, 5.41) is 7.37. The van der Waals surface area contributed by atoms with Crippen LogP contribution < -0.4 is 4.90 Å². The van der Waals surface area contributed by atoms with E-state index in [2.05, 4.69) is 217 Å². The second-order valence-electron chi connectivity index (χ2n) is 15.1. The van der Waals surface area contributed by atoms with E-state index in [0.29, 0.717) is 0 Å². The minimum Gasteiger partial charge on any atom is -0.308 e. The fourth-order valence-electron chi connectivity index (χ4n) is 10.0. The molecule has 1 aliphatic heterocycles. The van der Waals surface area contributed by atoms with Crippen LogP contribution in [-0.2, 0) is 5.41 Å². The number of nitrogens with zero attached hydrogens (tertiary/aromatic N) is 1. The Morgan fingerprint density at radius 2 is 0.877 bits per heavy atom. The normalized spacial score (nSPS) is 13.3. The van der Waals surface area contributed by atoms with Crippen molar-refractivity contribution in [1.82, 2.24) is 0 Å². The average molecular weight is 742 g/mol. The second-order valence-corrected chi connectivity index (χ2v) is 16.2. The zero-order valence-electron chi connectivity index (χ0n) is 31.1. The molecule has 0 N–H and O–H groups in total. The Morgan fingerprint density at radius 1 is 0.333 bits per heavy atom.